The summed E-state index contributed by atoms with van der Waals surface area (Å²) >= 11 is 3.27. The van der Waals surface area contributed by atoms with E-state index in [0.717, 1.165) is 0 Å². The van der Waals surface area contributed by atoms with Gasteiger partial charge in [0, 0.05) is 12.0 Å². The number of fused-ring (bicyclic) bond motifs is 1. The molecular formula is C11H9BrO5. The van der Waals surface area contributed by atoms with Gasteiger partial charge in [-0.25, -0.2) is 0 Å². The van der Waals surface area contributed by atoms with Crippen molar-refractivity contribution in [1.82, 2.24) is 0 Å². The summed E-state index contributed by atoms with van der Waals surface area (Å²) in [5.74, 6) is -0.151. The number of carbonyl (C=O) groups is 2. The smallest absolute Gasteiger partial charge is 0.303 e. The fourth-order valence-electron chi connectivity index (χ4n) is 1.49. The Morgan fingerprint density at radius 1 is 1.29 bits per heavy atom. The first kappa shape index (κ1) is 11.9. The molecule has 5 nitrogen and oxygen atoms in total. The van der Waals surface area contributed by atoms with Gasteiger partial charge in [-0.3, -0.25) is 9.59 Å². The average molecular weight is 301 g/mol. The molecule has 1 aromatic rings. The number of Topliss-reactive ketones (excluding diaryl/α,β-unsaturated/α-hetero) is 1. The summed E-state index contributed by atoms with van der Waals surface area (Å²) in [7, 11) is 0. The number of carboxylic acid groups (broad SMARTS) is 1. The van der Waals surface area contributed by atoms with E-state index >= 15 is 0 Å². The van der Waals surface area contributed by atoms with Crippen molar-refractivity contribution in [2.75, 3.05) is 6.79 Å². The molecule has 1 heterocycles. The predicted octanol–water partition coefficient (Wildman–Crippen LogP) is 2.23. The Kier molecular flexibility index (Phi) is 3.33. The quantitative estimate of drug-likeness (QED) is 0.863. The van der Waals surface area contributed by atoms with Gasteiger partial charge in [0.25, 0.3) is 0 Å². The topological polar surface area (TPSA) is 72.8 Å². The molecule has 0 aliphatic carbocycles. The van der Waals surface area contributed by atoms with E-state index in [2.05, 4.69) is 15.9 Å². The highest BCUT2D eigenvalue weighted by Crippen LogP contribution is 2.40. The van der Waals surface area contributed by atoms with Crippen LogP contribution >= 0.6 is 15.9 Å². The molecule has 0 fully saturated rings. The number of hydrogen-bond acceptors (Lipinski definition) is 4. The molecule has 0 aromatic heterocycles. The molecule has 0 saturated heterocycles. The van der Waals surface area contributed by atoms with Gasteiger partial charge in [0.05, 0.1) is 10.9 Å². The SMILES string of the molecule is O=C(O)CCC(=O)c1cc(Br)c2c(c1)OCO2. The molecule has 1 aliphatic rings. The molecule has 0 unspecified atom stereocenters. The highest BCUT2D eigenvalue weighted by atomic mass is 79.9. The molecule has 1 N–H and O–H groups in total. The number of rotatable bonds is 4. The number of ketones is 1. The van der Waals surface area contributed by atoms with Gasteiger partial charge < -0.3 is 14.6 Å². The van der Waals surface area contributed by atoms with Crippen molar-refractivity contribution in [2.24, 2.45) is 0 Å². The molecule has 0 bridgehead atoms. The fourth-order valence-corrected chi connectivity index (χ4v) is 2.05. The molecule has 1 aliphatic heterocycles. The summed E-state index contributed by atoms with van der Waals surface area (Å²) in [5.41, 5.74) is 0.419. The van der Waals surface area contributed by atoms with Gasteiger partial charge in [0.2, 0.25) is 6.79 Å². The highest BCUT2D eigenvalue weighted by molar-refractivity contribution is 9.10. The minimum absolute atomic E-state index is 0.0264. The van der Waals surface area contributed by atoms with Crippen molar-refractivity contribution in [3.8, 4) is 11.5 Å². The summed E-state index contributed by atoms with van der Waals surface area (Å²) < 4.78 is 11.0. The Hall–Kier alpha value is -1.56. The lowest BCUT2D eigenvalue weighted by Gasteiger charge is -2.03. The summed E-state index contributed by atoms with van der Waals surface area (Å²) in [4.78, 5) is 22.1. The van der Waals surface area contributed by atoms with Crippen LogP contribution in [0.2, 0.25) is 0 Å². The van der Waals surface area contributed by atoms with Crippen LogP contribution in [0, 0.1) is 0 Å². The van der Waals surface area contributed by atoms with Gasteiger partial charge in [0.1, 0.15) is 0 Å². The van der Waals surface area contributed by atoms with E-state index in [1.807, 2.05) is 0 Å². The van der Waals surface area contributed by atoms with Gasteiger partial charge in [-0.2, -0.15) is 0 Å². The molecule has 90 valence electrons. The lowest BCUT2D eigenvalue weighted by Crippen LogP contribution is -2.03. The van der Waals surface area contributed by atoms with Crippen LogP contribution in [-0.4, -0.2) is 23.7 Å². The molecule has 0 atom stereocenters. The molecule has 2 rings (SSSR count). The Morgan fingerprint density at radius 2 is 2.06 bits per heavy atom. The maximum atomic E-state index is 11.7. The predicted molar refractivity (Wildman–Crippen MR) is 61.5 cm³/mol. The minimum Gasteiger partial charge on any atom is -0.481 e. The number of carbonyl (C=O) groups excluding carboxylic acids is 1. The molecular weight excluding hydrogens is 292 g/mol. The lowest BCUT2D eigenvalue weighted by molar-refractivity contribution is -0.136. The maximum Gasteiger partial charge on any atom is 0.303 e. The molecule has 0 saturated carbocycles. The van der Waals surface area contributed by atoms with Crippen LogP contribution in [-0.2, 0) is 4.79 Å². The van der Waals surface area contributed by atoms with Crippen LogP contribution in [0.3, 0.4) is 0 Å². The first-order chi connectivity index (χ1) is 8.08. The third-order valence-corrected chi connectivity index (χ3v) is 2.90. The molecule has 0 spiro atoms. The van der Waals surface area contributed by atoms with Gasteiger partial charge in [0.15, 0.2) is 17.3 Å². The fraction of sp³-hybridized carbons (Fsp3) is 0.273. The second kappa shape index (κ2) is 4.75. The van der Waals surface area contributed by atoms with Crippen molar-refractivity contribution < 1.29 is 24.2 Å². The monoisotopic (exact) mass is 300 g/mol. The Morgan fingerprint density at radius 3 is 2.76 bits per heavy atom. The van der Waals surface area contributed by atoms with Gasteiger partial charge >= 0.3 is 5.97 Å². The third kappa shape index (κ3) is 2.58. The van der Waals surface area contributed by atoms with Gasteiger partial charge in [-0.05, 0) is 28.1 Å². The van der Waals surface area contributed by atoms with Crippen LogP contribution in [0.1, 0.15) is 23.2 Å². The highest BCUT2D eigenvalue weighted by Gasteiger charge is 2.20. The summed E-state index contributed by atoms with van der Waals surface area (Å²) in [6.07, 6.45) is -0.202. The van der Waals surface area contributed by atoms with Gasteiger partial charge in [-0.1, -0.05) is 0 Å². The molecule has 0 amide bonds. The van der Waals surface area contributed by atoms with Crippen molar-refractivity contribution in [2.45, 2.75) is 12.8 Å². The van der Waals surface area contributed by atoms with E-state index in [-0.39, 0.29) is 25.4 Å². The van der Waals surface area contributed by atoms with Crippen LogP contribution in [0.5, 0.6) is 11.5 Å². The second-order valence-corrected chi connectivity index (χ2v) is 4.36. The zero-order chi connectivity index (χ0) is 12.4. The van der Waals surface area contributed by atoms with Crippen LogP contribution < -0.4 is 9.47 Å². The Bertz CT molecular complexity index is 483. The first-order valence-corrected chi connectivity index (χ1v) is 5.71. The maximum absolute atomic E-state index is 11.7. The van der Waals surface area contributed by atoms with Crippen molar-refractivity contribution >= 4 is 27.7 Å². The number of halogens is 1. The number of aliphatic carboxylic acids is 1. The Labute approximate surface area is 105 Å². The summed E-state index contributed by atoms with van der Waals surface area (Å²) in [5, 5.41) is 8.51. The van der Waals surface area contributed by atoms with Crippen LogP contribution in [0.15, 0.2) is 16.6 Å². The van der Waals surface area contributed by atoms with Crippen molar-refractivity contribution in [1.29, 1.82) is 0 Å². The van der Waals surface area contributed by atoms with E-state index in [1.165, 1.54) is 0 Å². The molecule has 6 heteroatoms. The number of hydrogen-bond donors (Lipinski definition) is 1. The van der Waals surface area contributed by atoms with Crippen LogP contribution in [0.4, 0.5) is 0 Å². The minimum atomic E-state index is -0.988. The zero-order valence-corrected chi connectivity index (χ0v) is 10.3. The summed E-state index contributed by atoms with van der Waals surface area (Å²) in [6, 6.07) is 3.18. The average Bonchev–Trinajstić information content (AvgIpc) is 2.74. The van der Waals surface area contributed by atoms with E-state index < -0.39 is 5.97 Å². The van der Waals surface area contributed by atoms with Crippen molar-refractivity contribution in [3.05, 3.63) is 22.2 Å². The van der Waals surface area contributed by atoms with E-state index in [1.54, 1.807) is 12.1 Å². The third-order valence-electron chi connectivity index (χ3n) is 2.32. The van der Waals surface area contributed by atoms with Gasteiger partial charge in [-0.15, -0.1) is 0 Å². The molecule has 1 aromatic carbocycles. The van der Waals surface area contributed by atoms with Crippen molar-refractivity contribution in [3.63, 3.8) is 0 Å². The van der Waals surface area contributed by atoms with Crippen LogP contribution in [0.25, 0.3) is 0 Å². The standard InChI is InChI=1S/C11H9BrO5/c12-7-3-6(8(13)1-2-10(14)15)4-9-11(7)17-5-16-9/h3-4H,1-2,5H2,(H,14,15). The van der Waals surface area contributed by atoms with E-state index in [9.17, 15) is 9.59 Å². The molecule has 17 heavy (non-hydrogen) atoms. The summed E-state index contributed by atoms with van der Waals surface area (Å²) in [6.45, 7) is 0.126. The van der Waals surface area contributed by atoms with E-state index in [4.69, 9.17) is 14.6 Å². The zero-order valence-electron chi connectivity index (χ0n) is 8.73. The largest absolute Gasteiger partial charge is 0.481 e. The normalized spacial score (nSPS) is 12.5. The number of benzene rings is 1. The second-order valence-electron chi connectivity index (χ2n) is 3.51. The first-order valence-electron chi connectivity index (χ1n) is 4.92. The van der Waals surface area contributed by atoms with E-state index in [0.29, 0.717) is 21.5 Å². The number of ether oxygens (including phenoxy) is 2. The lowest BCUT2D eigenvalue weighted by atomic mass is 10.1. The number of carboxylic acids is 1. The molecule has 0 radical (unpaired) electrons. The Balaban J connectivity index is 2.19.